The predicted octanol–water partition coefficient (Wildman–Crippen LogP) is 3.33. The third-order valence-corrected chi connectivity index (χ3v) is 5.03. The van der Waals surface area contributed by atoms with Gasteiger partial charge < -0.3 is 19.5 Å². The van der Waals surface area contributed by atoms with E-state index in [1.807, 2.05) is 4.57 Å². The summed E-state index contributed by atoms with van der Waals surface area (Å²) in [6.07, 6.45) is 5.71. The molecule has 1 aliphatic heterocycles. The van der Waals surface area contributed by atoms with Gasteiger partial charge in [0.2, 0.25) is 0 Å². The Kier molecular flexibility index (Phi) is 9.86. The fourth-order valence-electron chi connectivity index (χ4n) is 3.57. The second-order valence-electron chi connectivity index (χ2n) is 7.31. The number of unbranched alkanes of at least 4 members (excludes halogenated alkanes) is 1. The van der Waals surface area contributed by atoms with Crippen molar-refractivity contribution in [2.45, 2.75) is 46.3 Å². The molecule has 0 aliphatic carbocycles. The van der Waals surface area contributed by atoms with Gasteiger partial charge in [-0.15, -0.1) is 34.2 Å². The second-order valence-corrected chi connectivity index (χ2v) is 7.31. The molecule has 2 aromatic rings. The summed E-state index contributed by atoms with van der Waals surface area (Å²) in [6.45, 7) is 11.4. The smallest absolute Gasteiger partial charge is 0.194 e. The number of aromatic nitrogens is 3. The van der Waals surface area contributed by atoms with Crippen LogP contribution in [-0.2, 0) is 11.3 Å². The Bertz CT molecular complexity index is 765. The van der Waals surface area contributed by atoms with Gasteiger partial charge in [-0.2, -0.15) is 0 Å². The minimum absolute atomic E-state index is 0. The molecule has 1 unspecified atom stereocenters. The van der Waals surface area contributed by atoms with Crippen LogP contribution in [0.4, 0.5) is 0 Å². The number of nitrogens with one attached hydrogen (secondary N) is 1. The molecule has 0 bridgehead atoms. The molecule has 0 radical (unpaired) electrons. The van der Waals surface area contributed by atoms with Crippen LogP contribution in [0.15, 0.2) is 35.8 Å². The highest BCUT2D eigenvalue weighted by Crippen LogP contribution is 2.25. The lowest BCUT2D eigenvalue weighted by molar-refractivity contribution is -0.00833. The fourth-order valence-corrected chi connectivity index (χ4v) is 3.57. The summed E-state index contributed by atoms with van der Waals surface area (Å²) in [6, 6.07) is 6.60. The van der Waals surface area contributed by atoms with Crippen molar-refractivity contribution in [3.05, 3.63) is 47.5 Å². The van der Waals surface area contributed by atoms with Crippen molar-refractivity contribution in [2.24, 2.45) is 4.99 Å². The van der Waals surface area contributed by atoms with Crippen LogP contribution in [-0.4, -0.2) is 58.4 Å². The number of ether oxygens (including phenoxy) is 1. The number of aliphatic imine (C=N–C) groups is 1. The fraction of sp³-hybridized carbons (Fsp3) is 0.571. The van der Waals surface area contributed by atoms with Crippen LogP contribution in [0.5, 0.6) is 0 Å². The summed E-state index contributed by atoms with van der Waals surface area (Å²) in [5, 5.41) is 11.1. The molecule has 1 aliphatic rings. The molecule has 1 saturated heterocycles. The molecule has 1 fully saturated rings. The van der Waals surface area contributed by atoms with E-state index in [9.17, 15) is 0 Å². The Morgan fingerprint density at radius 2 is 2.03 bits per heavy atom. The second kappa shape index (κ2) is 12.1. The number of hydrogen-bond acceptors (Lipinski definition) is 4. The first-order valence-electron chi connectivity index (χ1n) is 10.2. The Labute approximate surface area is 191 Å². The molecule has 0 spiro atoms. The number of nitrogens with zero attached hydrogens (tertiary/aromatic N) is 5. The third-order valence-electron chi connectivity index (χ3n) is 5.03. The topological polar surface area (TPSA) is 67.6 Å². The van der Waals surface area contributed by atoms with Gasteiger partial charge in [0.15, 0.2) is 5.96 Å². The highest BCUT2D eigenvalue weighted by molar-refractivity contribution is 14.0. The number of guanidine groups is 1. The molecule has 3 rings (SSSR count). The summed E-state index contributed by atoms with van der Waals surface area (Å²) < 4.78 is 8.09. The van der Waals surface area contributed by atoms with Crippen molar-refractivity contribution in [2.75, 3.05) is 32.8 Å². The molecule has 8 heteroatoms. The molecule has 1 atom stereocenters. The minimum atomic E-state index is 0. The number of halogens is 1. The highest BCUT2D eigenvalue weighted by Gasteiger charge is 2.25. The van der Waals surface area contributed by atoms with Crippen molar-refractivity contribution in [3.8, 4) is 0 Å². The standard InChI is InChI=1S/C21H32N6O.HI/c1-4-22-21(23-9-5-6-10-26-15-24-25-16-26)27-11-12-28-20(14-27)19-8-7-17(2)13-18(19)3;/h7-8,13,15-16,20H,4-6,9-12,14H2,1-3H3,(H,22,23);1H. The van der Waals surface area contributed by atoms with Crippen LogP contribution >= 0.6 is 24.0 Å². The van der Waals surface area contributed by atoms with Gasteiger partial charge >= 0.3 is 0 Å². The Morgan fingerprint density at radius 3 is 2.76 bits per heavy atom. The van der Waals surface area contributed by atoms with Crippen molar-refractivity contribution < 1.29 is 4.74 Å². The average molecular weight is 512 g/mol. The summed E-state index contributed by atoms with van der Waals surface area (Å²) in [5.74, 6) is 0.991. The molecular formula is C21H33IN6O. The van der Waals surface area contributed by atoms with E-state index in [1.165, 1.54) is 16.7 Å². The van der Waals surface area contributed by atoms with Crippen molar-refractivity contribution in [1.29, 1.82) is 0 Å². The van der Waals surface area contributed by atoms with E-state index in [1.54, 1.807) is 12.7 Å². The van der Waals surface area contributed by atoms with E-state index in [0.29, 0.717) is 0 Å². The monoisotopic (exact) mass is 512 g/mol. The Hall–Kier alpha value is -1.68. The number of benzene rings is 1. The van der Waals surface area contributed by atoms with Crippen molar-refractivity contribution >= 4 is 29.9 Å². The van der Waals surface area contributed by atoms with Gasteiger partial charge in [-0.1, -0.05) is 23.8 Å². The zero-order chi connectivity index (χ0) is 19.8. The van der Waals surface area contributed by atoms with Gasteiger partial charge in [0.1, 0.15) is 18.8 Å². The van der Waals surface area contributed by atoms with Crippen LogP contribution in [0.1, 0.15) is 42.6 Å². The van der Waals surface area contributed by atoms with E-state index in [0.717, 1.165) is 58.1 Å². The van der Waals surface area contributed by atoms with E-state index < -0.39 is 0 Å². The number of hydrogen-bond donors (Lipinski definition) is 1. The van der Waals surface area contributed by atoms with Crippen molar-refractivity contribution in [3.63, 3.8) is 0 Å². The zero-order valence-corrected chi connectivity index (χ0v) is 20.0. The van der Waals surface area contributed by atoms with Gasteiger partial charge in [-0.25, -0.2) is 0 Å². The van der Waals surface area contributed by atoms with Gasteiger partial charge in [-0.05, 0) is 44.7 Å². The van der Waals surface area contributed by atoms with Crippen molar-refractivity contribution in [1.82, 2.24) is 25.0 Å². The van der Waals surface area contributed by atoms with Gasteiger partial charge in [0, 0.05) is 26.2 Å². The van der Waals surface area contributed by atoms with E-state index in [-0.39, 0.29) is 30.1 Å². The summed E-state index contributed by atoms with van der Waals surface area (Å²) in [4.78, 5) is 7.19. The van der Waals surface area contributed by atoms with Crippen LogP contribution < -0.4 is 5.32 Å². The SMILES string of the molecule is CCNC(=NCCCCn1cnnc1)N1CCOC(c2ccc(C)cc2C)C1.I. The Balaban J connectivity index is 0.00000300. The number of morpholine rings is 1. The van der Waals surface area contributed by atoms with E-state index >= 15 is 0 Å². The van der Waals surface area contributed by atoms with Gasteiger partial charge in [-0.3, -0.25) is 4.99 Å². The van der Waals surface area contributed by atoms with Gasteiger partial charge in [0.05, 0.1) is 13.2 Å². The molecular weight excluding hydrogens is 479 g/mol. The molecule has 1 N–H and O–H groups in total. The first-order valence-corrected chi connectivity index (χ1v) is 10.2. The normalized spacial score (nSPS) is 17.1. The molecule has 0 saturated carbocycles. The largest absolute Gasteiger partial charge is 0.370 e. The van der Waals surface area contributed by atoms with Crippen LogP contribution in [0.25, 0.3) is 0 Å². The summed E-state index contributed by atoms with van der Waals surface area (Å²) >= 11 is 0. The molecule has 7 nitrogen and oxygen atoms in total. The highest BCUT2D eigenvalue weighted by atomic mass is 127. The molecule has 160 valence electrons. The summed E-state index contributed by atoms with van der Waals surface area (Å²) in [7, 11) is 0. The minimum Gasteiger partial charge on any atom is -0.370 e. The maximum atomic E-state index is 6.09. The molecule has 0 amide bonds. The molecule has 1 aromatic carbocycles. The average Bonchev–Trinajstić information content (AvgIpc) is 3.20. The van der Waals surface area contributed by atoms with Crippen LogP contribution in [0, 0.1) is 13.8 Å². The lowest BCUT2D eigenvalue weighted by Gasteiger charge is -2.36. The van der Waals surface area contributed by atoms with Gasteiger partial charge in [0.25, 0.3) is 0 Å². The number of rotatable bonds is 7. The quantitative estimate of drug-likeness (QED) is 0.267. The molecule has 2 heterocycles. The number of aryl methyl sites for hydroxylation is 3. The Morgan fingerprint density at radius 1 is 1.24 bits per heavy atom. The summed E-state index contributed by atoms with van der Waals surface area (Å²) in [5.41, 5.74) is 3.86. The predicted molar refractivity (Wildman–Crippen MR) is 127 cm³/mol. The lowest BCUT2D eigenvalue weighted by Crippen LogP contribution is -2.48. The maximum Gasteiger partial charge on any atom is 0.194 e. The third kappa shape index (κ3) is 6.95. The van der Waals surface area contributed by atoms with Crippen LogP contribution in [0.3, 0.4) is 0 Å². The molecule has 29 heavy (non-hydrogen) atoms. The van der Waals surface area contributed by atoms with Crippen LogP contribution in [0.2, 0.25) is 0 Å². The first-order chi connectivity index (χ1) is 13.7. The maximum absolute atomic E-state index is 6.09. The molecule has 1 aromatic heterocycles. The lowest BCUT2D eigenvalue weighted by atomic mass is 10.00. The zero-order valence-electron chi connectivity index (χ0n) is 17.7. The van der Waals surface area contributed by atoms with E-state index in [2.05, 4.69) is 59.4 Å². The van der Waals surface area contributed by atoms with E-state index in [4.69, 9.17) is 9.73 Å². The first kappa shape index (κ1) is 23.6.